The van der Waals surface area contributed by atoms with E-state index in [1.54, 1.807) is 7.11 Å². The first-order valence-electron chi connectivity index (χ1n) is 5.27. The molecule has 1 aliphatic heterocycles. The Morgan fingerprint density at radius 1 is 1.20 bits per heavy atom. The molecule has 0 aromatic carbocycles. The molecule has 1 heterocycles. The van der Waals surface area contributed by atoms with Gasteiger partial charge in [-0.1, -0.05) is 0 Å². The van der Waals surface area contributed by atoms with Gasteiger partial charge in [0.1, 0.15) is 13.6 Å². The quantitative estimate of drug-likeness (QED) is 0.447. The van der Waals surface area contributed by atoms with Gasteiger partial charge < -0.3 is 23.7 Å². The van der Waals surface area contributed by atoms with Gasteiger partial charge in [0, 0.05) is 13.7 Å². The zero-order chi connectivity index (χ0) is 10.8. The Balaban J connectivity index is 1.79. The summed E-state index contributed by atoms with van der Waals surface area (Å²) in [6, 6.07) is 0. The fourth-order valence-corrected chi connectivity index (χ4v) is 1.28. The van der Waals surface area contributed by atoms with Gasteiger partial charge in [0.25, 0.3) is 0 Å². The maximum Gasteiger partial charge on any atom is 0.150 e. The molecule has 0 aromatic rings. The van der Waals surface area contributed by atoms with Gasteiger partial charge >= 0.3 is 0 Å². The smallest absolute Gasteiger partial charge is 0.150 e. The third-order valence-corrected chi connectivity index (χ3v) is 2.10. The molecule has 0 N–H and O–H groups in total. The van der Waals surface area contributed by atoms with E-state index < -0.39 is 0 Å². The summed E-state index contributed by atoms with van der Waals surface area (Å²) in [6.07, 6.45) is 2.29. The molecule has 0 amide bonds. The van der Waals surface area contributed by atoms with E-state index in [0.29, 0.717) is 19.8 Å². The third kappa shape index (κ3) is 6.81. The Morgan fingerprint density at radius 3 is 2.87 bits per heavy atom. The molecule has 1 unspecified atom stereocenters. The fraction of sp³-hybridized carbons (Fsp3) is 1.00. The van der Waals surface area contributed by atoms with Crippen molar-refractivity contribution >= 4 is 0 Å². The number of hydrogen-bond acceptors (Lipinski definition) is 5. The summed E-state index contributed by atoms with van der Waals surface area (Å²) >= 11 is 0. The van der Waals surface area contributed by atoms with Crippen LogP contribution < -0.4 is 0 Å². The molecule has 0 radical (unpaired) electrons. The first-order chi connectivity index (χ1) is 7.43. The maximum absolute atomic E-state index is 5.43. The van der Waals surface area contributed by atoms with Crippen LogP contribution in [0.15, 0.2) is 0 Å². The van der Waals surface area contributed by atoms with Gasteiger partial charge in [-0.05, 0) is 12.8 Å². The summed E-state index contributed by atoms with van der Waals surface area (Å²) in [5.41, 5.74) is 0. The second-order valence-electron chi connectivity index (χ2n) is 3.35. The van der Waals surface area contributed by atoms with E-state index in [4.69, 9.17) is 23.7 Å². The van der Waals surface area contributed by atoms with Crippen molar-refractivity contribution in [2.75, 3.05) is 47.1 Å². The first kappa shape index (κ1) is 12.9. The highest BCUT2D eigenvalue weighted by atomic mass is 16.7. The predicted molar refractivity (Wildman–Crippen MR) is 53.6 cm³/mol. The van der Waals surface area contributed by atoms with Crippen molar-refractivity contribution in [1.82, 2.24) is 0 Å². The largest absolute Gasteiger partial charge is 0.382 e. The highest BCUT2D eigenvalue weighted by Crippen LogP contribution is 2.09. The molecule has 15 heavy (non-hydrogen) atoms. The molecule has 0 spiro atoms. The van der Waals surface area contributed by atoms with Crippen molar-refractivity contribution in [3.63, 3.8) is 0 Å². The highest BCUT2D eigenvalue weighted by molar-refractivity contribution is 4.60. The highest BCUT2D eigenvalue weighted by Gasteiger charge is 2.13. The molecule has 0 aliphatic carbocycles. The molecular weight excluding hydrogens is 200 g/mol. The Kier molecular flexibility index (Phi) is 7.77. The molecule has 1 aliphatic rings. The van der Waals surface area contributed by atoms with Crippen LogP contribution in [0.2, 0.25) is 0 Å². The molecule has 1 saturated heterocycles. The summed E-state index contributed by atoms with van der Waals surface area (Å²) in [5, 5.41) is 0. The number of rotatable bonds is 8. The lowest BCUT2D eigenvalue weighted by atomic mass is 10.2. The maximum atomic E-state index is 5.43. The molecule has 0 bridgehead atoms. The van der Waals surface area contributed by atoms with E-state index in [9.17, 15) is 0 Å². The van der Waals surface area contributed by atoms with Crippen LogP contribution in [-0.4, -0.2) is 53.2 Å². The first-order valence-corrected chi connectivity index (χ1v) is 5.27. The van der Waals surface area contributed by atoms with E-state index >= 15 is 0 Å². The third-order valence-electron chi connectivity index (χ3n) is 2.10. The minimum atomic E-state index is 0.178. The van der Waals surface area contributed by atoms with E-state index in [1.807, 2.05) is 0 Å². The van der Waals surface area contributed by atoms with E-state index in [2.05, 4.69) is 0 Å². The lowest BCUT2D eigenvalue weighted by Crippen LogP contribution is -2.26. The Bertz CT molecular complexity index is 136. The summed E-state index contributed by atoms with van der Waals surface area (Å²) < 4.78 is 25.7. The molecule has 5 heteroatoms. The second-order valence-corrected chi connectivity index (χ2v) is 3.35. The summed E-state index contributed by atoms with van der Waals surface area (Å²) in [4.78, 5) is 0. The van der Waals surface area contributed by atoms with Crippen LogP contribution in [-0.2, 0) is 23.7 Å². The van der Waals surface area contributed by atoms with Crippen LogP contribution in [0.5, 0.6) is 0 Å². The van der Waals surface area contributed by atoms with Gasteiger partial charge in [0.2, 0.25) is 0 Å². The average molecular weight is 220 g/mol. The Hall–Kier alpha value is -0.200. The topological polar surface area (TPSA) is 46.2 Å². The van der Waals surface area contributed by atoms with Crippen LogP contribution in [0, 0.1) is 0 Å². The van der Waals surface area contributed by atoms with Gasteiger partial charge in [0.05, 0.1) is 25.9 Å². The molecule has 0 saturated carbocycles. The Morgan fingerprint density at radius 2 is 2.13 bits per heavy atom. The summed E-state index contributed by atoms with van der Waals surface area (Å²) in [6.45, 7) is 3.16. The van der Waals surface area contributed by atoms with E-state index in [1.165, 1.54) is 0 Å². The van der Waals surface area contributed by atoms with Crippen molar-refractivity contribution in [3.05, 3.63) is 0 Å². The number of ether oxygens (including phenoxy) is 5. The monoisotopic (exact) mass is 220 g/mol. The number of hydrogen-bond donors (Lipinski definition) is 0. The van der Waals surface area contributed by atoms with Crippen LogP contribution >= 0.6 is 0 Å². The fourth-order valence-electron chi connectivity index (χ4n) is 1.28. The number of methoxy groups -OCH3 is 1. The van der Waals surface area contributed by atoms with Crippen LogP contribution in [0.25, 0.3) is 0 Å². The molecule has 5 nitrogen and oxygen atoms in total. The SMILES string of the molecule is COCCOCOCOC1CCCOC1. The molecule has 1 rings (SSSR count). The summed E-state index contributed by atoms with van der Waals surface area (Å²) in [5.74, 6) is 0. The van der Waals surface area contributed by atoms with Gasteiger partial charge in [-0.25, -0.2) is 0 Å². The summed E-state index contributed by atoms with van der Waals surface area (Å²) in [7, 11) is 1.64. The van der Waals surface area contributed by atoms with E-state index in [0.717, 1.165) is 19.4 Å². The zero-order valence-corrected chi connectivity index (χ0v) is 9.28. The molecule has 90 valence electrons. The Labute approximate surface area is 90.6 Å². The van der Waals surface area contributed by atoms with Crippen LogP contribution in [0.3, 0.4) is 0 Å². The van der Waals surface area contributed by atoms with Crippen LogP contribution in [0.4, 0.5) is 0 Å². The van der Waals surface area contributed by atoms with Crippen molar-refractivity contribution in [3.8, 4) is 0 Å². The average Bonchev–Trinajstić information content (AvgIpc) is 2.29. The van der Waals surface area contributed by atoms with Crippen molar-refractivity contribution in [2.45, 2.75) is 18.9 Å². The second kappa shape index (κ2) is 9.06. The van der Waals surface area contributed by atoms with Gasteiger partial charge in [-0.3, -0.25) is 0 Å². The van der Waals surface area contributed by atoms with Gasteiger partial charge in [-0.15, -0.1) is 0 Å². The molecule has 1 atom stereocenters. The lowest BCUT2D eigenvalue weighted by Gasteiger charge is -2.22. The predicted octanol–water partition coefficient (Wildman–Crippen LogP) is 0.777. The van der Waals surface area contributed by atoms with Crippen molar-refractivity contribution in [1.29, 1.82) is 0 Å². The molecule has 1 fully saturated rings. The lowest BCUT2D eigenvalue weighted by molar-refractivity contribution is -0.169. The van der Waals surface area contributed by atoms with E-state index in [-0.39, 0.29) is 19.7 Å². The van der Waals surface area contributed by atoms with Crippen LogP contribution in [0.1, 0.15) is 12.8 Å². The minimum absolute atomic E-state index is 0.178. The molecular formula is C10H20O5. The molecule has 0 aromatic heterocycles. The van der Waals surface area contributed by atoms with Crippen molar-refractivity contribution < 1.29 is 23.7 Å². The van der Waals surface area contributed by atoms with Gasteiger partial charge in [0.15, 0.2) is 0 Å². The standard InChI is InChI=1S/C10H20O5/c1-11-5-6-13-8-14-9-15-10-3-2-4-12-7-10/h10H,2-9H2,1H3. The van der Waals surface area contributed by atoms with Gasteiger partial charge in [-0.2, -0.15) is 0 Å². The minimum Gasteiger partial charge on any atom is -0.382 e. The van der Waals surface area contributed by atoms with Crippen molar-refractivity contribution in [2.24, 2.45) is 0 Å². The zero-order valence-electron chi connectivity index (χ0n) is 9.28. The normalized spacial score (nSPS) is 21.8.